The van der Waals surface area contributed by atoms with Crippen LogP contribution >= 0.6 is 0 Å². The second-order valence-electron chi connectivity index (χ2n) is 4.48. The second kappa shape index (κ2) is 5.51. The highest BCUT2D eigenvalue weighted by atomic mass is 32.2. The lowest BCUT2D eigenvalue weighted by Gasteiger charge is -2.21. The molecule has 0 aliphatic carbocycles. The molecule has 1 aromatic carbocycles. The van der Waals surface area contributed by atoms with Gasteiger partial charge in [0, 0.05) is 5.56 Å². The van der Waals surface area contributed by atoms with Crippen LogP contribution in [0.3, 0.4) is 0 Å². The van der Waals surface area contributed by atoms with Crippen LogP contribution in [0, 0.1) is 11.3 Å². The van der Waals surface area contributed by atoms with E-state index in [1.54, 1.807) is 6.92 Å². The van der Waals surface area contributed by atoms with Crippen molar-refractivity contribution in [3.8, 4) is 6.07 Å². The Morgan fingerprint density at radius 3 is 2.26 bits per heavy atom. The summed E-state index contributed by atoms with van der Waals surface area (Å²) in [6, 6.07) is 7.55. The molecule has 0 saturated heterocycles. The van der Waals surface area contributed by atoms with Crippen LogP contribution in [0.15, 0.2) is 29.2 Å². The zero-order valence-electron chi connectivity index (χ0n) is 11.1. The Balaban J connectivity index is 3.08. The first-order chi connectivity index (χ1) is 8.74. The van der Waals surface area contributed by atoms with Crippen LogP contribution in [0.4, 0.5) is 0 Å². The van der Waals surface area contributed by atoms with E-state index in [0.29, 0.717) is 12.0 Å². The van der Waals surface area contributed by atoms with Crippen molar-refractivity contribution in [1.29, 1.82) is 5.26 Å². The molecule has 0 aromatic heterocycles. The first kappa shape index (κ1) is 15.3. The van der Waals surface area contributed by atoms with Gasteiger partial charge in [-0.25, -0.2) is 8.42 Å². The molecule has 0 amide bonds. The quantitative estimate of drug-likeness (QED) is 0.834. The van der Waals surface area contributed by atoms with E-state index in [4.69, 9.17) is 5.26 Å². The Morgan fingerprint density at radius 1 is 1.37 bits per heavy atom. The molecular formula is C13H16N2O3S. The molecule has 0 radical (unpaired) electrons. The first-order valence-corrected chi connectivity index (χ1v) is 7.28. The molecule has 5 nitrogen and oxygen atoms in total. The molecule has 1 aromatic rings. The van der Waals surface area contributed by atoms with E-state index in [0.717, 1.165) is 0 Å². The maximum Gasteiger partial charge on any atom is 0.241 e. The van der Waals surface area contributed by atoms with Gasteiger partial charge in [0.2, 0.25) is 10.0 Å². The van der Waals surface area contributed by atoms with Crippen molar-refractivity contribution in [2.75, 3.05) is 0 Å². The summed E-state index contributed by atoms with van der Waals surface area (Å²) < 4.78 is 26.6. The lowest BCUT2D eigenvalue weighted by atomic mass is 10.0. The molecule has 1 atom stereocenters. The Morgan fingerprint density at radius 2 is 1.89 bits per heavy atom. The Labute approximate surface area is 113 Å². The third-order valence-corrected chi connectivity index (χ3v) is 4.50. The molecule has 0 saturated carbocycles. The van der Waals surface area contributed by atoms with Gasteiger partial charge in [-0.3, -0.25) is 4.79 Å². The zero-order valence-corrected chi connectivity index (χ0v) is 11.9. The predicted molar refractivity (Wildman–Crippen MR) is 71.1 cm³/mol. The third-order valence-electron chi connectivity index (χ3n) is 2.88. The number of nitrogens with zero attached hydrogens (tertiary/aromatic N) is 1. The minimum Gasteiger partial charge on any atom is -0.295 e. The highest BCUT2D eigenvalue weighted by Crippen LogP contribution is 2.16. The van der Waals surface area contributed by atoms with E-state index in [1.165, 1.54) is 38.1 Å². The molecule has 19 heavy (non-hydrogen) atoms. The lowest BCUT2D eigenvalue weighted by molar-refractivity contribution is 0.101. The Kier molecular flexibility index (Phi) is 4.45. The summed E-state index contributed by atoms with van der Waals surface area (Å²) in [7, 11) is -3.77. The summed E-state index contributed by atoms with van der Waals surface area (Å²) in [5.41, 5.74) is -0.699. The number of Topliss-reactive ketones (excluding diaryl/α,β-unsaturated/α-hetero) is 1. The average Bonchev–Trinajstić information content (AvgIpc) is 2.38. The fourth-order valence-electron chi connectivity index (χ4n) is 1.40. The molecule has 102 valence electrons. The van der Waals surface area contributed by atoms with Gasteiger partial charge in [0.1, 0.15) is 5.54 Å². The van der Waals surface area contributed by atoms with E-state index in [-0.39, 0.29) is 10.7 Å². The SMILES string of the molecule is CCC(C)(C#N)NS(=O)(=O)c1ccc(C(C)=O)cc1. The van der Waals surface area contributed by atoms with Gasteiger partial charge in [-0.2, -0.15) is 9.98 Å². The van der Waals surface area contributed by atoms with Crippen molar-refractivity contribution in [2.45, 2.75) is 37.6 Å². The average molecular weight is 280 g/mol. The van der Waals surface area contributed by atoms with Crippen LogP contribution in [0.1, 0.15) is 37.6 Å². The van der Waals surface area contributed by atoms with Gasteiger partial charge in [-0.1, -0.05) is 19.1 Å². The summed E-state index contributed by atoms with van der Waals surface area (Å²) in [5, 5.41) is 8.99. The Bertz CT molecular complexity index is 614. The number of sulfonamides is 1. The number of hydrogen-bond acceptors (Lipinski definition) is 4. The molecule has 1 N–H and O–H groups in total. The van der Waals surface area contributed by atoms with Gasteiger partial charge in [0.15, 0.2) is 5.78 Å². The fourth-order valence-corrected chi connectivity index (χ4v) is 2.79. The number of nitriles is 1. The number of ketones is 1. The van der Waals surface area contributed by atoms with Crippen molar-refractivity contribution in [2.24, 2.45) is 0 Å². The van der Waals surface area contributed by atoms with Crippen LogP contribution in [0.25, 0.3) is 0 Å². The monoisotopic (exact) mass is 280 g/mol. The minimum absolute atomic E-state index is 0.0347. The first-order valence-electron chi connectivity index (χ1n) is 5.80. The summed E-state index contributed by atoms with van der Waals surface area (Å²) >= 11 is 0. The summed E-state index contributed by atoms with van der Waals surface area (Å²) in [6.45, 7) is 4.66. The molecule has 0 aliphatic rings. The van der Waals surface area contributed by atoms with E-state index < -0.39 is 15.6 Å². The molecular weight excluding hydrogens is 264 g/mol. The predicted octanol–water partition coefficient (Wildman–Crippen LogP) is 1.86. The molecule has 1 rings (SSSR count). The standard InChI is InChI=1S/C13H16N2O3S/c1-4-13(3,9-14)15-19(17,18)12-7-5-11(6-8-12)10(2)16/h5-8,15H,4H2,1-3H3. The number of benzene rings is 1. The number of rotatable bonds is 5. The van der Waals surface area contributed by atoms with Crippen LogP contribution in [0.5, 0.6) is 0 Å². The maximum atomic E-state index is 12.1. The van der Waals surface area contributed by atoms with Gasteiger partial charge < -0.3 is 0 Å². The number of nitrogens with one attached hydrogen (secondary N) is 1. The fraction of sp³-hybridized carbons (Fsp3) is 0.385. The van der Waals surface area contributed by atoms with Crippen LogP contribution in [0.2, 0.25) is 0 Å². The van der Waals surface area contributed by atoms with Crippen molar-refractivity contribution in [1.82, 2.24) is 4.72 Å². The molecule has 0 bridgehead atoms. The highest BCUT2D eigenvalue weighted by molar-refractivity contribution is 7.89. The van der Waals surface area contributed by atoms with E-state index in [1.807, 2.05) is 6.07 Å². The summed E-state index contributed by atoms with van der Waals surface area (Å²) in [6.07, 6.45) is 0.355. The summed E-state index contributed by atoms with van der Waals surface area (Å²) in [4.78, 5) is 11.2. The van der Waals surface area contributed by atoms with Gasteiger partial charge in [-0.15, -0.1) is 0 Å². The van der Waals surface area contributed by atoms with E-state index in [2.05, 4.69) is 4.72 Å². The largest absolute Gasteiger partial charge is 0.295 e. The van der Waals surface area contributed by atoms with Crippen molar-refractivity contribution in [3.05, 3.63) is 29.8 Å². The molecule has 1 unspecified atom stereocenters. The molecule has 0 spiro atoms. The van der Waals surface area contributed by atoms with E-state index in [9.17, 15) is 13.2 Å². The van der Waals surface area contributed by atoms with Crippen molar-refractivity contribution >= 4 is 15.8 Å². The third kappa shape index (κ3) is 3.63. The molecule has 0 aliphatic heterocycles. The van der Waals surface area contributed by atoms with Gasteiger partial charge >= 0.3 is 0 Å². The zero-order chi connectivity index (χ0) is 14.7. The molecule has 0 fully saturated rings. The molecule has 0 heterocycles. The van der Waals surface area contributed by atoms with Gasteiger partial charge in [-0.05, 0) is 32.4 Å². The van der Waals surface area contributed by atoms with Gasteiger partial charge in [0.25, 0.3) is 0 Å². The van der Waals surface area contributed by atoms with Crippen molar-refractivity contribution in [3.63, 3.8) is 0 Å². The van der Waals surface area contributed by atoms with E-state index >= 15 is 0 Å². The smallest absolute Gasteiger partial charge is 0.241 e. The topological polar surface area (TPSA) is 87.0 Å². The Hall–Kier alpha value is -1.71. The number of carbonyl (C=O) groups is 1. The second-order valence-corrected chi connectivity index (χ2v) is 6.17. The highest BCUT2D eigenvalue weighted by Gasteiger charge is 2.28. The number of carbonyl (C=O) groups excluding carboxylic acids is 1. The van der Waals surface area contributed by atoms with Crippen LogP contribution in [-0.2, 0) is 10.0 Å². The minimum atomic E-state index is -3.77. The maximum absolute atomic E-state index is 12.1. The summed E-state index contributed by atoms with van der Waals surface area (Å²) in [5.74, 6) is -0.132. The lowest BCUT2D eigenvalue weighted by Crippen LogP contribution is -2.44. The van der Waals surface area contributed by atoms with Gasteiger partial charge in [0.05, 0.1) is 11.0 Å². The molecule has 6 heteroatoms. The van der Waals surface area contributed by atoms with Crippen LogP contribution < -0.4 is 4.72 Å². The number of hydrogen-bond donors (Lipinski definition) is 1. The van der Waals surface area contributed by atoms with Crippen LogP contribution in [-0.4, -0.2) is 19.7 Å². The normalized spacial score (nSPS) is 14.4. The van der Waals surface area contributed by atoms with Crippen molar-refractivity contribution < 1.29 is 13.2 Å².